The van der Waals surface area contributed by atoms with Crippen LogP contribution in [-0.2, 0) is 27.2 Å². The molecular formula is C29H32N4O5S. The summed E-state index contributed by atoms with van der Waals surface area (Å²) in [7, 11) is 0. The van der Waals surface area contributed by atoms with Crippen LogP contribution >= 0.6 is 11.3 Å². The first kappa shape index (κ1) is 28.2. The van der Waals surface area contributed by atoms with Crippen LogP contribution in [-0.4, -0.2) is 53.0 Å². The van der Waals surface area contributed by atoms with E-state index >= 15 is 0 Å². The minimum atomic E-state index is -1.11. The number of nitriles is 1. The molecule has 1 aliphatic heterocycles. The van der Waals surface area contributed by atoms with Gasteiger partial charge in [-0.25, -0.2) is 9.59 Å². The second-order valence-corrected chi connectivity index (χ2v) is 10.6. The summed E-state index contributed by atoms with van der Waals surface area (Å²) in [4.78, 5) is 46.6. The summed E-state index contributed by atoms with van der Waals surface area (Å²) in [5.74, 6) is -1.72. The molecule has 0 aliphatic carbocycles. The van der Waals surface area contributed by atoms with Crippen molar-refractivity contribution in [2.24, 2.45) is 0 Å². The third kappa shape index (κ3) is 5.65. The monoisotopic (exact) mass is 548 g/mol. The van der Waals surface area contributed by atoms with Crippen molar-refractivity contribution in [2.75, 3.05) is 18.5 Å². The Kier molecular flexibility index (Phi) is 8.63. The van der Waals surface area contributed by atoms with Crippen LogP contribution in [0.4, 0.5) is 5.00 Å². The van der Waals surface area contributed by atoms with Gasteiger partial charge in [-0.15, -0.1) is 11.3 Å². The van der Waals surface area contributed by atoms with Gasteiger partial charge in [0.15, 0.2) is 6.10 Å². The zero-order chi connectivity index (χ0) is 28.3. The van der Waals surface area contributed by atoms with Crippen LogP contribution in [0.3, 0.4) is 0 Å². The summed E-state index contributed by atoms with van der Waals surface area (Å²) >= 11 is 0.970. The van der Waals surface area contributed by atoms with Crippen molar-refractivity contribution in [3.8, 4) is 6.07 Å². The molecule has 0 saturated carbocycles. The van der Waals surface area contributed by atoms with Crippen molar-refractivity contribution in [2.45, 2.75) is 66.2 Å². The van der Waals surface area contributed by atoms with Crippen LogP contribution in [0, 0.1) is 18.3 Å². The number of rotatable bonds is 8. The SMILES string of the molecule is CCOC(=O)c1sc(NC(=O)C(CC)OC(=O)c2c3c(nc4ccccc24)CCN(C(C)C)C3)c(C#N)c1C. The second-order valence-electron chi connectivity index (χ2n) is 9.63. The fraction of sp³-hybridized carbons (Fsp3) is 0.414. The molecule has 1 amide bonds. The number of nitrogens with one attached hydrogen (secondary N) is 1. The Morgan fingerprint density at radius 3 is 2.62 bits per heavy atom. The number of hydrogen-bond donors (Lipinski definition) is 1. The number of para-hydroxylation sites is 1. The van der Waals surface area contributed by atoms with Crippen molar-refractivity contribution in [1.82, 2.24) is 9.88 Å². The number of aromatic nitrogens is 1. The number of anilines is 1. The molecule has 2 aromatic heterocycles. The third-order valence-electron chi connectivity index (χ3n) is 6.88. The van der Waals surface area contributed by atoms with Crippen LogP contribution in [0.25, 0.3) is 10.9 Å². The largest absolute Gasteiger partial charge is 0.462 e. The van der Waals surface area contributed by atoms with Crippen LogP contribution in [0.5, 0.6) is 0 Å². The van der Waals surface area contributed by atoms with Gasteiger partial charge in [0.05, 0.1) is 23.3 Å². The molecule has 0 fully saturated rings. The number of esters is 2. The molecule has 1 unspecified atom stereocenters. The molecule has 204 valence electrons. The highest BCUT2D eigenvalue weighted by atomic mass is 32.1. The quantitative estimate of drug-likeness (QED) is 0.391. The van der Waals surface area contributed by atoms with E-state index in [0.717, 1.165) is 29.1 Å². The number of ether oxygens (including phenoxy) is 2. The topological polar surface area (TPSA) is 122 Å². The first-order valence-electron chi connectivity index (χ1n) is 13.1. The van der Waals surface area contributed by atoms with E-state index in [1.807, 2.05) is 30.3 Å². The molecular weight excluding hydrogens is 516 g/mol. The molecule has 1 aliphatic rings. The number of fused-ring (bicyclic) bond motifs is 2. The van der Waals surface area contributed by atoms with Gasteiger partial charge in [0, 0.05) is 42.2 Å². The summed E-state index contributed by atoms with van der Waals surface area (Å²) in [6, 6.07) is 9.79. The summed E-state index contributed by atoms with van der Waals surface area (Å²) in [6.45, 7) is 10.9. The molecule has 3 heterocycles. The molecule has 0 radical (unpaired) electrons. The summed E-state index contributed by atoms with van der Waals surface area (Å²) in [6.07, 6.45) is -0.170. The average Bonchev–Trinajstić information content (AvgIpc) is 3.24. The zero-order valence-corrected chi connectivity index (χ0v) is 23.6. The lowest BCUT2D eigenvalue weighted by atomic mass is 9.95. The van der Waals surface area contributed by atoms with Crippen molar-refractivity contribution in [3.05, 3.63) is 57.1 Å². The maximum Gasteiger partial charge on any atom is 0.348 e. The van der Waals surface area contributed by atoms with Gasteiger partial charge >= 0.3 is 11.9 Å². The maximum absolute atomic E-state index is 13.7. The van der Waals surface area contributed by atoms with E-state index in [0.29, 0.717) is 41.0 Å². The first-order valence-corrected chi connectivity index (χ1v) is 13.9. The number of benzene rings is 1. The van der Waals surface area contributed by atoms with Crippen LogP contribution in [0.15, 0.2) is 24.3 Å². The van der Waals surface area contributed by atoms with E-state index in [1.165, 1.54) is 0 Å². The average molecular weight is 549 g/mol. The molecule has 9 nitrogen and oxygen atoms in total. The van der Waals surface area contributed by atoms with Crippen LogP contribution in [0.1, 0.15) is 76.5 Å². The van der Waals surface area contributed by atoms with E-state index in [4.69, 9.17) is 14.5 Å². The summed E-state index contributed by atoms with van der Waals surface area (Å²) in [5, 5.41) is 13.3. The Morgan fingerprint density at radius 2 is 1.95 bits per heavy atom. The predicted octanol–water partition coefficient (Wildman–Crippen LogP) is 4.99. The van der Waals surface area contributed by atoms with Crippen molar-refractivity contribution in [3.63, 3.8) is 0 Å². The summed E-state index contributed by atoms with van der Waals surface area (Å²) in [5.41, 5.74) is 3.45. The Bertz CT molecular complexity index is 1470. The van der Waals surface area contributed by atoms with Crippen LogP contribution in [0.2, 0.25) is 0 Å². The Morgan fingerprint density at radius 1 is 1.21 bits per heavy atom. The van der Waals surface area contributed by atoms with Gasteiger partial charge in [0.2, 0.25) is 0 Å². The minimum Gasteiger partial charge on any atom is -0.462 e. The van der Waals surface area contributed by atoms with Crippen molar-refractivity contribution >= 4 is 45.1 Å². The molecule has 3 aromatic rings. The number of thiophene rings is 1. The highest BCUT2D eigenvalue weighted by Gasteiger charge is 2.31. The Balaban J connectivity index is 1.63. The molecule has 1 atom stereocenters. The number of amides is 1. The van der Waals surface area contributed by atoms with Gasteiger partial charge in [0.1, 0.15) is 15.9 Å². The highest BCUT2D eigenvalue weighted by molar-refractivity contribution is 7.18. The Hall–Kier alpha value is -3.81. The number of carbonyl (C=O) groups is 3. The number of hydrogen-bond acceptors (Lipinski definition) is 9. The second kappa shape index (κ2) is 11.9. The van der Waals surface area contributed by atoms with Gasteiger partial charge in [-0.3, -0.25) is 14.7 Å². The van der Waals surface area contributed by atoms with E-state index in [2.05, 4.69) is 24.1 Å². The number of pyridine rings is 1. The molecule has 39 heavy (non-hydrogen) atoms. The predicted molar refractivity (Wildman–Crippen MR) is 149 cm³/mol. The minimum absolute atomic E-state index is 0.181. The van der Waals surface area contributed by atoms with Gasteiger partial charge in [0.25, 0.3) is 5.91 Å². The normalized spacial score (nSPS) is 14.0. The smallest absolute Gasteiger partial charge is 0.348 e. The third-order valence-corrected chi connectivity index (χ3v) is 8.07. The molecule has 1 aromatic carbocycles. The van der Waals surface area contributed by atoms with Gasteiger partial charge < -0.3 is 14.8 Å². The lowest BCUT2D eigenvalue weighted by molar-refractivity contribution is -0.124. The fourth-order valence-corrected chi connectivity index (χ4v) is 5.77. The lowest BCUT2D eigenvalue weighted by Crippen LogP contribution is -2.38. The number of carbonyl (C=O) groups excluding carboxylic acids is 3. The number of nitrogens with zero attached hydrogens (tertiary/aromatic N) is 3. The van der Waals surface area contributed by atoms with E-state index < -0.39 is 23.9 Å². The molecule has 4 rings (SSSR count). The lowest BCUT2D eigenvalue weighted by Gasteiger charge is -2.32. The molecule has 10 heteroatoms. The van der Waals surface area contributed by atoms with E-state index in [9.17, 15) is 19.6 Å². The fourth-order valence-electron chi connectivity index (χ4n) is 4.72. The maximum atomic E-state index is 13.7. The first-order chi connectivity index (χ1) is 18.7. The van der Waals surface area contributed by atoms with Gasteiger partial charge in [-0.2, -0.15) is 5.26 Å². The molecule has 0 bridgehead atoms. The molecule has 1 N–H and O–H groups in total. The van der Waals surface area contributed by atoms with Crippen molar-refractivity contribution < 1.29 is 23.9 Å². The summed E-state index contributed by atoms with van der Waals surface area (Å²) < 4.78 is 10.9. The Labute approximate surface area is 231 Å². The highest BCUT2D eigenvalue weighted by Crippen LogP contribution is 2.34. The standard InChI is InChI=1S/C29H32N4O5S/c1-6-23(26(34)32-27-19(14-30)17(5)25(39-27)29(36)37-7-2)38-28(35)24-18-10-8-9-11-21(18)31-22-12-13-33(16(3)4)15-20(22)24/h8-11,16,23H,6-7,12-13,15H2,1-5H3,(H,32,34). The van der Waals surface area contributed by atoms with E-state index in [1.54, 1.807) is 20.8 Å². The molecule has 0 spiro atoms. The van der Waals surface area contributed by atoms with Crippen LogP contribution < -0.4 is 5.32 Å². The van der Waals surface area contributed by atoms with Gasteiger partial charge in [-0.1, -0.05) is 25.1 Å². The zero-order valence-electron chi connectivity index (χ0n) is 22.8. The van der Waals surface area contributed by atoms with E-state index in [-0.39, 0.29) is 28.5 Å². The van der Waals surface area contributed by atoms with Gasteiger partial charge in [-0.05, 0) is 45.7 Å². The van der Waals surface area contributed by atoms with Crippen molar-refractivity contribution in [1.29, 1.82) is 5.26 Å². The molecule has 0 saturated heterocycles.